The van der Waals surface area contributed by atoms with Gasteiger partial charge in [-0.25, -0.2) is 9.59 Å². The number of nitrogens with one attached hydrogen (secondary N) is 2. The summed E-state index contributed by atoms with van der Waals surface area (Å²) in [7, 11) is 4.25. The zero-order chi connectivity index (χ0) is 18.4. The number of imide groups is 1. The van der Waals surface area contributed by atoms with Gasteiger partial charge in [-0.2, -0.15) is 0 Å². The second kappa shape index (κ2) is 8.22. The van der Waals surface area contributed by atoms with E-state index in [1.807, 2.05) is 0 Å². The normalized spacial score (nSPS) is 12.8. The maximum atomic E-state index is 12.2. The molecule has 0 aromatic heterocycles. The van der Waals surface area contributed by atoms with E-state index in [0.29, 0.717) is 11.5 Å². The first-order valence-electron chi connectivity index (χ1n) is 7.56. The molecule has 136 valence electrons. The Hall–Kier alpha value is -2.97. The van der Waals surface area contributed by atoms with Crippen LogP contribution in [-0.4, -0.2) is 51.9 Å². The molecule has 0 bridgehead atoms. The number of benzene rings is 1. The maximum Gasteiger partial charge on any atom is 0.342 e. The van der Waals surface area contributed by atoms with Crippen molar-refractivity contribution >= 4 is 17.9 Å². The van der Waals surface area contributed by atoms with E-state index in [2.05, 4.69) is 10.6 Å². The van der Waals surface area contributed by atoms with Crippen LogP contribution in [0.4, 0.5) is 4.79 Å². The van der Waals surface area contributed by atoms with Crippen molar-refractivity contribution in [2.24, 2.45) is 0 Å². The quantitative estimate of drug-likeness (QED) is 0.700. The fraction of sp³-hybridized carbons (Fsp3) is 0.438. The van der Waals surface area contributed by atoms with Gasteiger partial charge in [0.1, 0.15) is 11.3 Å². The van der Waals surface area contributed by atoms with Crippen LogP contribution in [0, 0.1) is 0 Å². The Morgan fingerprint density at radius 3 is 2.16 bits per heavy atom. The Bertz CT molecular complexity index is 671. The van der Waals surface area contributed by atoms with Crippen LogP contribution in [0.25, 0.3) is 0 Å². The molecule has 1 aliphatic rings. The van der Waals surface area contributed by atoms with Gasteiger partial charge in [0, 0.05) is 18.2 Å². The lowest BCUT2D eigenvalue weighted by Crippen LogP contribution is -2.42. The molecule has 0 saturated heterocycles. The summed E-state index contributed by atoms with van der Waals surface area (Å²) in [6.45, 7) is -0.603. The van der Waals surface area contributed by atoms with Gasteiger partial charge in [0.25, 0.3) is 5.91 Å². The number of carbonyl (C=O) groups is 3. The molecule has 0 aliphatic heterocycles. The van der Waals surface area contributed by atoms with Crippen molar-refractivity contribution in [3.63, 3.8) is 0 Å². The lowest BCUT2D eigenvalue weighted by molar-refractivity contribution is -0.123. The van der Waals surface area contributed by atoms with Gasteiger partial charge in [0.15, 0.2) is 18.1 Å². The second-order valence-electron chi connectivity index (χ2n) is 5.28. The number of ether oxygens (including phenoxy) is 4. The third-order valence-corrected chi connectivity index (χ3v) is 3.43. The van der Waals surface area contributed by atoms with Crippen LogP contribution < -0.4 is 24.8 Å². The minimum atomic E-state index is -0.796. The van der Waals surface area contributed by atoms with Crippen molar-refractivity contribution in [1.82, 2.24) is 10.6 Å². The SMILES string of the molecule is COc1cc(OC)c(C(=O)OCC(=O)NC(=O)NC2CC2)cc1OC. The molecule has 1 aliphatic carbocycles. The van der Waals surface area contributed by atoms with E-state index in [1.165, 1.54) is 33.5 Å². The number of esters is 1. The van der Waals surface area contributed by atoms with Gasteiger partial charge < -0.3 is 24.3 Å². The average Bonchev–Trinajstić information content (AvgIpc) is 3.41. The highest BCUT2D eigenvalue weighted by molar-refractivity contribution is 5.98. The van der Waals surface area contributed by atoms with Crippen LogP contribution in [0.3, 0.4) is 0 Å². The number of carbonyl (C=O) groups excluding carboxylic acids is 3. The summed E-state index contributed by atoms with van der Waals surface area (Å²) >= 11 is 0. The number of urea groups is 1. The van der Waals surface area contributed by atoms with Crippen LogP contribution in [0.15, 0.2) is 12.1 Å². The molecule has 0 atom stereocenters. The van der Waals surface area contributed by atoms with Crippen LogP contribution >= 0.6 is 0 Å². The molecule has 1 aromatic carbocycles. The van der Waals surface area contributed by atoms with Crippen LogP contribution in [0.5, 0.6) is 17.2 Å². The smallest absolute Gasteiger partial charge is 0.342 e. The van der Waals surface area contributed by atoms with Crippen LogP contribution in [0.1, 0.15) is 23.2 Å². The van der Waals surface area contributed by atoms with Gasteiger partial charge in [0.05, 0.1) is 21.3 Å². The van der Waals surface area contributed by atoms with Crippen molar-refractivity contribution in [3.05, 3.63) is 17.7 Å². The van der Waals surface area contributed by atoms with E-state index in [9.17, 15) is 14.4 Å². The fourth-order valence-corrected chi connectivity index (χ4v) is 2.01. The third kappa shape index (κ3) is 5.00. The molecule has 25 heavy (non-hydrogen) atoms. The van der Waals surface area contributed by atoms with Crippen molar-refractivity contribution in [2.75, 3.05) is 27.9 Å². The zero-order valence-corrected chi connectivity index (χ0v) is 14.2. The molecule has 2 N–H and O–H groups in total. The van der Waals surface area contributed by atoms with Crippen molar-refractivity contribution in [3.8, 4) is 17.2 Å². The van der Waals surface area contributed by atoms with Gasteiger partial charge >= 0.3 is 12.0 Å². The number of hydrogen-bond donors (Lipinski definition) is 2. The molecule has 3 amide bonds. The molecule has 1 saturated carbocycles. The third-order valence-electron chi connectivity index (χ3n) is 3.43. The predicted octanol–water partition coefficient (Wildman–Crippen LogP) is 0.857. The summed E-state index contributed by atoms with van der Waals surface area (Å²) in [4.78, 5) is 35.3. The van der Waals surface area contributed by atoms with Gasteiger partial charge in [-0.3, -0.25) is 10.1 Å². The number of rotatable bonds is 7. The molecule has 1 fully saturated rings. The molecular weight excluding hydrogens is 332 g/mol. The summed E-state index contributed by atoms with van der Waals surface area (Å²) in [5.41, 5.74) is 0.0652. The van der Waals surface area contributed by atoms with Gasteiger partial charge in [-0.15, -0.1) is 0 Å². The monoisotopic (exact) mass is 352 g/mol. The summed E-state index contributed by atoms with van der Waals surface area (Å²) in [6.07, 6.45) is 1.80. The highest BCUT2D eigenvalue weighted by Gasteiger charge is 2.24. The van der Waals surface area contributed by atoms with Crippen LogP contribution in [0.2, 0.25) is 0 Å². The van der Waals surface area contributed by atoms with Crippen molar-refractivity contribution in [2.45, 2.75) is 18.9 Å². The van der Waals surface area contributed by atoms with E-state index in [4.69, 9.17) is 18.9 Å². The average molecular weight is 352 g/mol. The van der Waals surface area contributed by atoms with Gasteiger partial charge in [-0.1, -0.05) is 0 Å². The van der Waals surface area contributed by atoms with Gasteiger partial charge in [0.2, 0.25) is 0 Å². The first-order valence-corrected chi connectivity index (χ1v) is 7.56. The molecule has 0 unspecified atom stereocenters. The molecule has 0 spiro atoms. The number of methoxy groups -OCH3 is 3. The molecule has 0 heterocycles. The minimum absolute atomic E-state index is 0.0652. The largest absolute Gasteiger partial charge is 0.496 e. The second-order valence-corrected chi connectivity index (χ2v) is 5.28. The molecule has 1 aromatic rings. The molecular formula is C16H20N2O7. The topological polar surface area (TPSA) is 112 Å². The molecule has 2 rings (SSSR count). The highest BCUT2D eigenvalue weighted by atomic mass is 16.5. The van der Waals surface area contributed by atoms with Gasteiger partial charge in [-0.05, 0) is 12.8 Å². The lowest BCUT2D eigenvalue weighted by atomic mass is 10.1. The maximum absolute atomic E-state index is 12.2. The Balaban J connectivity index is 1.97. The predicted molar refractivity (Wildman–Crippen MR) is 86.1 cm³/mol. The summed E-state index contributed by atoms with van der Waals surface area (Å²) in [6, 6.07) is 2.37. The van der Waals surface area contributed by atoms with Crippen molar-refractivity contribution < 1.29 is 33.3 Å². The van der Waals surface area contributed by atoms with Crippen LogP contribution in [-0.2, 0) is 9.53 Å². The molecule has 9 heteroatoms. The van der Waals surface area contributed by atoms with E-state index in [1.54, 1.807) is 0 Å². The fourth-order valence-electron chi connectivity index (χ4n) is 2.01. The molecule has 0 radical (unpaired) electrons. The summed E-state index contributed by atoms with van der Waals surface area (Å²) in [5, 5.41) is 4.67. The zero-order valence-electron chi connectivity index (χ0n) is 14.2. The Morgan fingerprint density at radius 2 is 1.60 bits per heavy atom. The lowest BCUT2D eigenvalue weighted by Gasteiger charge is -2.13. The first kappa shape index (κ1) is 18.4. The Labute approximate surface area is 144 Å². The first-order chi connectivity index (χ1) is 12.0. The molecule has 9 nitrogen and oxygen atoms in total. The van der Waals surface area contributed by atoms with Crippen molar-refractivity contribution in [1.29, 1.82) is 0 Å². The minimum Gasteiger partial charge on any atom is -0.496 e. The van der Waals surface area contributed by atoms with E-state index in [-0.39, 0.29) is 17.4 Å². The Morgan fingerprint density at radius 1 is 1.00 bits per heavy atom. The van der Waals surface area contributed by atoms with E-state index >= 15 is 0 Å². The van der Waals surface area contributed by atoms with E-state index in [0.717, 1.165) is 12.8 Å². The standard InChI is InChI=1S/C16H20N2O7/c1-22-11-7-13(24-3)12(23-2)6-10(11)15(20)25-8-14(19)18-16(21)17-9-4-5-9/h6-7,9H,4-5,8H2,1-3H3,(H2,17,18,19,21). The summed E-state index contributed by atoms with van der Waals surface area (Å²) in [5.74, 6) is -0.634. The summed E-state index contributed by atoms with van der Waals surface area (Å²) < 4.78 is 20.3. The number of amides is 3. The Kier molecular flexibility index (Phi) is 6.04. The highest BCUT2D eigenvalue weighted by Crippen LogP contribution is 2.34. The van der Waals surface area contributed by atoms with E-state index < -0.39 is 24.5 Å². The number of hydrogen-bond acceptors (Lipinski definition) is 7.